The lowest BCUT2D eigenvalue weighted by Crippen LogP contribution is -2.48. The molecule has 4 aromatic rings. The number of benzene rings is 2. The van der Waals surface area contributed by atoms with Gasteiger partial charge in [0, 0.05) is 50.6 Å². The van der Waals surface area contributed by atoms with E-state index in [0.29, 0.717) is 36.6 Å². The van der Waals surface area contributed by atoms with Gasteiger partial charge in [-0.25, -0.2) is 9.07 Å². The van der Waals surface area contributed by atoms with Crippen LogP contribution in [-0.4, -0.2) is 56.8 Å². The van der Waals surface area contributed by atoms with E-state index in [1.807, 2.05) is 49.1 Å². The Morgan fingerprint density at radius 1 is 1.00 bits per heavy atom. The zero-order valence-electron chi connectivity index (χ0n) is 19.2. The average Bonchev–Trinajstić information content (AvgIpc) is 3.47. The molecule has 2 aromatic carbocycles. The van der Waals surface area contributed by atoms with Gasteiger partial charge in [-0.2, -0.15) is 5.10 Å². The van der Waals surface area contributed by atoms with Crippen molar-refractivity contribution in [1.82, 2.24) is 24.7 Å². The van der Waals surface area contributed by atoms with E-state index in [9.17, 15) is 9.18 Å². The van der Waals surface area contributed by atoms with Gasteiger partial charge in [0.25, 0.3) is 5.91 Å². The largest absolute Gasteiger partial charge is 0.361 e. The molecule has 0 unspecified atom stereocenters. The van der Waals surface area contributed by atoms with Crippen LogP contribution in [0.3, 0.4) is 0 Å². The Kier molecular flexibility index (Phi) is 5.98. The summed E-state index contributed by atoms with van der Waals surface area (Å²) in [7, 11) is 0. The number of amides is 1. The number of aromatic nitrogens is 3. The van der Waals surface area contributed by atoms with E-state index in [1.165, 1.54) is 12.1 Å². The number of halogens is 1. The average molecular weight is 460 g/mol. The zero-order valence-corrected chi connectivity index (χ0v) is 19.2. The summed E-state index contributed by atoms with van der Waals surface area (Å²) in [4.78, 5) is 17.7. The summed E-state index contributed by atoms with van der Waals surface area (Å²) in [5, 5.41) is 8.78. The van der Waals surface area contributed by atoms with Crippen LogP contribution in [0, 0.1) is 19.7 Å². The molecule has 1 fully saturated rings. The van der Waals surface area contributed by atoms with Crippen molar-refractivity contribution in [2.75, 3.05) is 26.2 Å². The topological polar surface area (TPSA) is 67.4 Å². The molecule has 3 heterocycles. The molecule has 0 N–H and O–H groups in total. The van der Waals surface area contributed by atoms with Gasteiger partial charge in [0.15, 0.2) is 0 Å². The number of piperazine rings is 1. The van der Waals surface area contributed by atoms with Gasteiger partial charge in [-0.3, -0.25) is 9.69 Å². The lowest BCUT2D eigenvalue weighted by Gasteiger charge is -2.34. The summed E-state index contributed by atoms with van der Waals surface area (Å²) >= 11 is 0. The molecule has 174 valence electrons. The smallest absolute Gasteiger partial charge is 0.257 e. The molecule has 0 radical (unpaired) electrons. The second-order valence-electron chi connectivity index (χ2n) is 8.68. The molecule has 0 atom stereocenters. The Labute approximate surface area is 197 Å². The minimum atomic E-state index is -0.315. The maximum absolute atomic E-state index is 13.6. The highest BCUT2D eigenvalue weighted by atomic mass is 19.1. The van der Waals surface area contributed by atoms with Crippen LogP contribution < -0.4 is 0 Å². The Balaban J connectivity index is 1.38. The first-order chi connectivity index (χ1) is 16.5. The molecule has 1 aliphatic heterocycles. The highest BCUT2D eigenvalue weighted by Crippen LogP contribution is 2.26. The molecule has 0 spiro atoms. The second kappa shape index (κ2) is 9.23. The number of nitrogens with zero attached hydrogens (tertiary/aromatic N) is 5. The molecule has 1 amide bonds. The Morgan fingerprint density at radius 2 is 1.71 bits per heavy atom. The number of rotatable bonds is 5. The number of hydrogen-bond acceptors (Lipinski definition) is 5. The van der Waals surface area contributed by atoms with Crippen molar-refractivity contribution in [2.45, 2.75) is 20.4 Å². The van der Waals surface area contributed by atoms with E-state index < -0.39 is 0 Å². The molecule has 0 aliphatic carbocycles. The molecule has 1 aliphatic rings. The van der Waals surface area contributed by atoms with E-state index in [2.05, 4.69) is 10.1 Å². The quantitative estimate of drug-likeness (QED) is 0.447. The summed E-state index contributed by atoms with van der Waals surface area (Å²) < 4.78 is 20.2. The van der Waals surface area contributed by atoms with Gasteiger partial charge in [-0.1, -0.05) is 35.0 Å². The molecule has 0 bridgehead atoms. The van der Waals surface area contributed by atoms with Crippen molar-refractivity contribution < 1.29 is 13.7 Å². The van der Waals surface area contributed by atoms with Gasteiger partial charge in [0.1, 0.15) is 17.3 Å². The highest BCUT2D eigenvalue weighted by Gasteiger charge is 2.27. The molecule has 7 nitrogen and oxygen atoms in total. The maximum Gasteiger partial charge on any atom is 0.257 e. The molecule has 2 aromatic heterocycles. The van der Waals surface area contributed by atoms with Crippen LogP contribution in [0.15, 0.2) is 65.3 Å². The first kappa shape index (κ1) is 22.0. The first-order valence-corrected chi connectivity index (χ1v) is 11.3. The van der Waals surface area contributed by atoms with Crippen molar-refractivity contribution >= 4 is 5.91 Å². The van der Waals surface area contributed by atoms with Crippen molar-refractivity contribution in [2.24, 2.45) is 0 Å². The SMILES string of the molecule is Cc1ccc(-c2nn(-c3ccc(F)cc3)cc2C(=O)N2CCN(Cc3cc(C)on3)CC2)cc1. The van der Waals surface area contributed by atoms with Gasteiger partial charge in [0.05, 0.1) is 16.9 Å². The molecular weight excluding hydrogens is 433 g/mol. The third-order valence-corrected chi connectivity index (χ3v) is 6.08. The fourth-order valence-corrected chi connectivity index (χ4v) is 4.18. The third-order valence-electron chi connectivity index (χ3n) is 6.08. The summed E-state index contributed by atoms with van der Waals surface area (Å²) in [6.45, 7) is 7.34. The normalized spacial score (nSPS) is 14.5. The second-order valence-corrected chi connectivity index (χ2v) is 8.68. The number of aryl methyl sites for hydroxylation is 2. The van der Waals surface area contributed by atoms with Crippen molar-refractivity contribution in [3.63, 3.8) is 0 Å². The highest BCUT2D eigenvalue weighted by molar-refractivity contribution is 6.00. The van der Waals surface area contributed by atoms with Crippen LogP contribution in [0.25, 0.3) is 16.9 Å². The standard InChI is InChI=1S/C26H26FN5O2/c1-18-3-5-20(6-4-18)25-24(17-32(28-25)23-9-7-21(27)8-10-23)26(33)31-13-11-30(12-14-31)16-22-15-19(2)34-29-22/h3-10,15,17H,11-14,16H2,1-2H3. The van der Waals surface area contributed by atoms with Crippen LogP contribution in [0.4, 0.5) is 4.39 Å². The van der Waals surface area contributed by atoms with Crippen LogP contribution in [0.2, 0.25) is 0 Å². The van der Waals surface area contributed by atoms with Crippen LogP contribution >= 0.6 is 0 Å². The van der Waals surface area contributed by atoms with Crippen LogP contribution in [0.1, 0.15) is 27.4 Å². The fraction of sp³-hybridized carbons (Fsp3) is 0.269. The minimum Gasteiger partial charge on any atom is -0.361 e. The number of carbonyl (C=O) groups is 1. The maximum atomic E-state index is 13.6. The van der Waals surface area contributed by atoms with Gasteiger partial charge >= 0.3 is 0 Å². The van der Waals surface area contributed by atoms with E-state index >= 15 is 0 Å². The van der Waals surface area contributed by atoms with Crippen LogP contribution in [0.5, 0.6) is 0 Å². The summed E-state index contributed by atoms with van der Waals surface area (Å²) in [5.74, 6) is 0.427. The minimum absolute atomic E-state index is 0.0548. The van der Waals surface area contributed by atoms with E-state index in [-0.39, 0.29) is 11.7 Å². The Hall–Kier alpha value is -3.78. The monoisotopic (exact) mass is 459 g/mol. The third kappa shape index (κ3) is 4.63. The summed E-state index contributed by atoms with van der Waals surface area (Å²) in [6.07, 6.45) is 1.75. The zero-order chi connectivity index (χ0) is 23.7. The Morgan fingerprint density at radius 3 is 2.35 bits per heavy atom. The first-order valence-electron chi connectivity index (χ1n) is 11.3. The molecule has 34 heavy (non-hydrogen) atoms. The lowest BCUT2D eigenvalue weighted by atomic mass is 10.1. The molecule has 8 heteroatoms. The fourth-order valence-electron chi connectivity index (χ4n) is 4.18. The van der Waals surface area contributed by atoms with Gasteiger partial charge in [-0.15, -0.1) is 0 Å². The van der Waals surface area contributed by atoms with Crippen molar-refractivity contribution in [3.8, 4) is 16.9 Å². The molecule has 5 rings (SSSR count). The van der Waals surface area contributed by atoms with Crippen molar-refractivity contribution in [3.05, 3.63) is 89.2 Å². The lowest BCUT2D eigenvalue weighted by molar-refractivity contribution is 0.0626. The predicted molar refractivity (Wildman–Crippen MR) is 126 cm³/mol. The van der Waals surface area contributed by atoms with E-state index in [0.717, 1.165) is 35.7 Å². The Bertz CT molecular complexity index is 1290. The summed E-state index contributed by atoms with van der Waals surface area (Å²) in [5.41, 5.74) is 4.76. The predicted octanol–water partition coefficient (Wildman–Crippen LogP) is 4.24. The summed E-state index contributed by atoms with van der Waals surface area (Å²) in [6, 6.07) is 16.0. The molecular formula is C26H26FN5O2. The van der Waals surface area contributed by atoms with Gasteiger partial charge < -0.3 is 9.42 Å². The van der Waals surface area contributed by atoms with E-state index in [1.54, 1.807) is 23.0 Å². The molecule has 1 saturated heterocycles. The number of carbonyl (C=O) groups excluding carboxylic acids is 1. The van der Waals surface area contributed by atoms with Crippen LogP contribution in [-0.2, 0) is 6.54 Å². The van der Waals surface area contributed by atoms with Crippen molar-refractivity contribution in [1.29, 1.82) is 0 Å². The number of hydrogen-bond donors (Lipinski definition) is 0. The van der Waals surface area contributed by atoms with E-state index in [4.69, 9.17) is 9.62 Å². The van der Waals surface area contributed by atoms with Gasteiger partial charge in [-0.05, 0) is 38.1 Å². The molecule has 0 saturated carbocycles. The van der Waals surface area contributed by atoms with Gasteiger partial charge in [0.2, 0.25) is 0 Å².